The van der Waals surface area contributed by atoms with Gasteiger partial charge in [0.15, 0.2) is 0 Å². The first-order valence-electron chi connectivity index (χ1n) is 8.24. The number of nitrogens with zero attached hydrogens (tertiary/aromatic N) is 2. The van der Waals surface area contributed by atoms with Crippen LogP contribution in [-0.2, 0) is 6.54 Å². The summed E-state index contributed by atoms with van der Waals surface area (Å²) in [5, 5.41) is 12.6. The molecule has 1 aliphatic rings. The minimum Gasteiger partial charge on any atom is -0.508 e. The Kier molecular flexibility index (Phi) is 4.42. The molecular weight excluding hydrogens is 302 g/mol. The number of hydrogen-bond donors (Lipinski definition) is 2. The van der Waals surface area contributed by atoms with Crippen molar-refractivity contribution in [2.75, 3.05) is 5.32 Å². The Morgan fingerprint density at radius 3 is 2.67 bits per heavy atom. The van der Waals surface area contributed by atoms with Gasteiger partial charge in [-0.3, -0.25) is 4.98 Å². The molecule has 5 heteroatoms. The quantitative estimate of drug-likeness (QED) is 0.896. The molecule has 1 heterocycles. The molecule has 1 saturated carbocycles. The van der Waals surface area contributed by atoms with Gasteiger partial charge < -0.3 is 15.3 Å². The summed E-state index contributed by atoms with van der Waals surface area (Å²) >= 11 is 0. The van der Waals surface area contributed by atoms with Gasteiger partial charge in [-0.15, -0.1) is 0 Å². The molecule has 1 aliphatic carbocycles. The Labute approximate surface area is 142 Å². The lowest BCUT2D eigenvalue weighted by Gasteiger charge is -2.24. The highest BCUT2D eigenvalue weighted by Gasteiger charge is 2.33. The van der Waals surface area contributed by atoms with Crippen molar-refractivity contribution in [3.8, 4) is 5.75 Å². The van der Waals surface area contributed by atoms with Crippen molar-refractivity contribution in [3.05, 3.63) is 52.8 Å². The summed E-state index contributed by atoms with van der Waals surface area (Å²) < 4.78 is 0. The molecule has 0 radical (unpaired) electrons. The second-order valence-electron chi connectivity index (χ2n) is 6.50. The third-order valence-corrected chi connectivity index (χ3v) is 4.27. The molecule has 126 valence electrons. The molecule has 1 fully saturated rings. The third-order valence-electron chi connectivity index (χ3n) is 4.27. The number of rotatable bonds is 4. The number of nitrogens with one attached hydrogen (secondary N) is 1. The maximum atomic E-state index is 12.8. The van der Waals surface area contributed by atoms with Crippen LogP contribution in [0.2, 0.25) is 0 Å². The van der Waals surface area contributed by atoms with Gasteiger partial charge in [-0.25, -0.2) is 4.79 Å². The van der Waals surface area contributed by atoms with E-state index in [-0.39, 0.29) is 17.8 Å². The number of carbonyl (C=O) groups is 1. The van der Waals surface area contributed by atoms with Crippen molar-refractivity contribution in [3.63, 3.8) is 0 Å². The molecule has 1 aromatic carbocycles. The number of aromatic nitrogens is 1. The maximum absolute atomic E-state index is 12.8. The molecule has 0 atom stereocenters. The van der Waals surface area contributed by atoms with E-state index in [4.69, 9.17) is 0 Å². The maximum Gasteiger partial charge on any atom is 0.322 e. The summed E-state index contributed by atoms with van der Waals surface area (Å²) in [5.41, 5.74) is 4.50. The first-order chi connectivity index (χ1) is 11.4. The van der Waals surface area contributed by atoms with E-state index in [1.807, 2.05) is 37.8 Å². The molecule has 1 aromatic heterocycles. The van der Waals surface area contributed by atoms with Gasteiger partial charge in [-0.2, -0.15) is 0 Å². The van der Waals surface area contributed by atoms with Crippen molar-refractivity contribution in [2.45, 2.75) is 46.2 Å². The number of phenols is 1. The number of urea groups is 1. The number of benzene rings is 1. The van der Waals surface area contributed by atoms with Crippen LogP contribution in [0.4, 0.5) is 10.5 Å². The van der Waals surface area contributed by atoms with Crippen molar-refractivity contribution in [2.24, 2.45) is 0 Å². The van der Waals surface area contributed by atoms with Crippen LogP contribution in [0.5, 0.6) is 5.75 Å². The Morgan fingerprint density at radius 1 is 1.29 bits per heavy atom. The summed E-state index contributed by atoms with van der Waals surface area (Å²) in [5.74, 6) is 0.220. The van der Waals surface area contributed by atoms with Crippen LogP contribution >= 0.6 is 0 Å². The van der Waals surface area contributed by atoms with Gasteiger partial charge in [0.05, 0.1) is 11.4 Å². The van der Waals surface area contributed by atoms with Gasteiger partial charge in [0.1, 0.15) is 5.75 Å². The molecular formula is C19H23N3O2. The van der Waals surface area contributed by atoms with E-state index in [1.54, 1.807) is 18.2 Å². The van der Waals surface area contributed by atoms with Crippen molar-refractivity contribution >= 4 is 11.7 Å². The highest BCUT2D eigenvalue weighted by Crippen LogP contribution is 2.30. The Hall–Kier alpha value is -2.56. The summed E-state index contributed by atoms with van der Waals surface area (Å²) in [6.45, 7) is 6.33. The fourth-order valence-electron chi connectivity index (χ4n) is 3.00. The van der Waals surface area contributed by atoms with Crippen LogP contribution in [0.3, 0.4) is 0 Å². The molecule has 2 amide bonds. The smallest absolute Gasteiger partial charge is 0.322 e. The van der Waals surface area contributed by atoms with Gasteiger partial charge in [0.2, 0.25) is 0 Å². The average molecular weight is 325 g/mol. The standard InChI is InChI=1S/C19H23N3O2/c1-12-9-13(2)20-14(3)18(12)21-19(24)22(16-7-8-16)11-15-5-4-6-17(23)10-15/h4-6,9-10,16,23H,7-8,11H2,1-3H3,(H,21,24). The van der Waals surface area contributed by atoms with Crippen molar-refractivity contribution in [1.29, 1.82) is 0 Å². The second-order valence-corrected chi connectivity index (χ2v) is 6.50. The van der Waals surface area contributed by atoms with Crippen LogP contribution in [0, 0.1) is 20.8 Å². The van der Waals surface area contributed by atoms with E-state index in [0.717, 1.165) is 41.0 Å². The highest BCUT2D eigenvalue weighted by molar-refractivity contribution is 5.91. The molecule has 2 aromatic rings. The van der Waals surface area contributed by atoms with Gasteiger partial charge in [-0.05, 0) is 62.9 Å². The van der Waals surface area contributed by atoms with E-state index in [9.17, 15) is 9.90 Å². The average Bonchev–Trinajstić information content (AvgIpc) is 3.33. The fourth-order valence-corrected chi connectivity index (χ4v) is 3.00. The van der Waals surface area contributed by atoms with Gasteiger partial charge in [0, 0.05) is 18.3 Å². The predicted molar refractivity (Wildman–Crippen MR) is 94.1 cm³/mol. The van der Waals surface area contributed by atoms with Crippen LogP contribution < -0.4 is 5.32 Å². The van der Waals surface area contributed by atoms with E-state index >= 15 is 0 Å². The normalized spacial score (nSPS) is 13.6. The molecule has 3 rings (SSSR count). The summed E-state index contributed by atoms with van der Waals surface area (Å²) in [7, 11) is 0. The lowest BCUT2D eigenvalue weighted by molar-refractivity contribution is 0.206. The molecule has 0 saturated heterocycles. The number of phenolic OH excluding ortho intramolecular Hbond substituents is 1. The van der Waals surface area contributed by atoms with E-state index in [2.05, 4.69) is 10.3 Å². The minimum atomic E-state index is -0.113. The first-order valence-corrected chi connectivity index (χ1v) is 8.24. The lowest BCUT2D eigenvalue weighted by Crippen LogP contribution is -2.36. The zero-order valence-electron chi connectivity index (χ0n) is 14.3. The number of pyridine rings is 1. The first kappa shape index (κ1) is 16.3. The van der Waals surface area contributed by atoms with E-state index in [1.165, 1.54) is 0 Å². The molecule has 0 aliphatic heterocycles. The number of aryl methyl sites for hydroxylation is 3. The molecule has 0 unspecified atom stereocenters. The van der Waals surface area contributed by atoms with Gasteiger partial charge >= 0.3 is 6.03 Å². The lowest BCUT2D eigenvalue weighted by atomic mass is 10.1. The third kappa shape index (κ3) is 3.67. The Bertz CT molecular complexity index is 746. The minimum absolute atomic E-state index is 0.113. The molecule has 0 bridgehead atoms. The van der Waals surface area contributed by atoms with E-state index in [0.29, 0.717) is 6.54 Å². The number of hydrogen-bond acceptors (Lipinski definition) is 3. The second kappa shape index (κ2) is 6.51. The molecule has 24 heavy (non-hydrogen) atoms. The van der Waals surface area contributed by atoms with Crippen LogP contribution in [-0.4, -0.2) is 27.1 Å². The van der Waals surface area contributed by atoms with Crippen LogP contribution in [0.25, 0.3) is 0 Å². The van der Waals surface area contributed by atoms with Crippen LogP contribution in [0.1, 0.15) is 35.4 Å². The summed E-state index contributed by atoms with van der Waals surface area (Å²) in [6.07, 6.45) is 2.05. The molecule has 2 N–H and O–H groups in total. The van der Waals surface area contributed by atoms with Gasteiger partial charge in [0.25, 0.3) is 0 Å². The summed E-state index contributed by atoms with van der Waals surface area (Å²) in [6, 6.07) is 9.18. The predicted octanol–water partition coefficient (Wildman–Crippen LogP) is 3.91. The number of anilines is 1. The number of amides is 2. The zero-order valence-corrected chi connectivity index (χ0v) is 14.3. The Balaban J connectivity index is 1.78. The van der Waals surface area contributed by atoms with Gasteiger partial charge in [-0.1, -0.05) is 12.1 Å². The SMILES string of the molecule is Cc1cc(C)c(NC(=O)N(Cc2cccc(O)c2)C2CC2)c(C)n1. The number of aromatic hydroxyl groups is 1. The van der Waals surface area contributed by atoms with Crippen LogP contribution in [0.15, 0.2) is 30.3 Å². The zero-order chi connectivity index (χ0) is 17.3. The largest absolute Gasteiger partial charge is 0.508 e. The fraction of sp³-hybridized carbons (Fsp3) is 0.368. The monoisotopic (exact) mass is 325 g/mol. The van der Waals surface area contributed by atoms with E-state index < -0.39 is 0 Å². The molecule has 5 nitrogen and oxygen atoms in total. The van der Waals surface area contributed by atoms with Crippen molar-refractivity contribution < 1.29 is 9.90 Å². The summed E-state index contributed by atoms with van der Waals surface area (Å²) in [4.78, 5) is 19.1. The topological polar surface area (TPSA) is 65.5 Å². The van der Waals surface area contributed by atoms with Crippen molar-refractivity contribution in [1.82, 2.24) is 9.88 Å². The highest BCUT2D eigenvalue weighted by atomic mass is 16.3. The number of carbonyl (C=O) groups excluding carboxylic acids is 1. The Morgan fingerprint density at radius 2 is 2.04 bits per heavy atom. The molecule has 0 spiro atoms.